The molecule has 0 spiro atoms. The minimum atomic E-state index is 0.328. The molecule has 0 aliphatic rings. The van der Waals surface area contributed by atoms with Crippen molar-refractivity contribution < 1.29 is 13.9 Å². The summed E-state index contributed by atoms with van der Waals surface area (Å²) in [5.74, 6) is 0.763. The van der Waals surface area contributed by atoms with Crippen LogP contribution in [0.5, 0.6) is 0 Å². The van der Waals surface area contributed by atoms with E-state index in [9.17, 15) is 4.79 Å². The predicted molar refractivity (Wildman–Crippen MR) is 55.5 cm³/mol. The number of ether oxygens (including phenoxy) is 1. The van der Waals surface area contributed by atoms with Gasteiger partial charge in [-0.05, 0) is 11.4 Å². The van der Waals surface area contributed by atoms with Crippen molar-refractivity contribution >= 4 is 17.8 Å². The molecule has 0 amide bonds. The third-order valence-electron chi connectivity index (χ3n) is 1.91. The fourth-order valence-electron chi connectivity index (χ4n) is 1.26. The number of carbonyl (C=O) groups is 1. The molecule has 2 heterocycles. The van der Waals surface area contributed by atoms with Gasteiger partial charge in [0.15, 0.2) is 12.2 Å². The Bertz CT molecular complexity index is 422. The zero-order chi connectivity index (χ0) is 10.5. The smallest absolute Gasteiger partial charge is 0.293 e. The van der Waals surface area contributed by atoms with Crippen LogP contribution in [0.15, 0.2) is 28.3 Å². The fourth-order valence-corrected chi connectivity index (χ4v) is 1.99. The van der Waals surface area contributed by atoms with Gasteiger partial charge in [-0.1, -0.05) is 6.07 Å². The third-order valence-corrected chi connectivity index (χ3v) is 2.78. The topological polar surface area (TPSA) is 52.3 Å². The Morgan fingerprint density at radius 2 is 2.53 bits per heavy atom. The fraction of sp³-hybridized carbons (Fsp3) is 0.200. The second-order valence-corrected chi connectivity index (χ2v) is 3.77. The summed E-state index contributed by atoms with van der Waals surface area (Å²) in [5, 5.41) is 1.98. The van der Waals surface area contributed by atoms with E-state index in [1.54, 1.807) is 11.3 Å². The highest BCUT2D eigenvalue weighted by Crippen LogP contribution is 2.27. The number of nitrogens with zero attached hydrogens (tertiary/aromatic N) is 1. The zero-order valence-electron chi connectivity index (χ0n) is 7.88. The molecule has 2 rings (SSSR count). The number of carbonyl (C=O) groups excluding carboxylic acids is 1. The highest BCUT2D eigenvalue weighted by atomic mass is 32.1. The van der Waals surface area contributed by atoms with Gasteiger partial charge in [-0.25, -0.2) is 4.98 Å². The molecule has 2 aromatic rings. The summed E-state index contributed by atoms with van der Waals surface area (Å²) in [4.78, 5) is 15.1. The van der Waals surface area contributed by atoms with Crippen LogP contribution in [0.1, 0.15) is 5.69 Å². The lowest BCUT2D eigenvalue weighted by Crippen LogP contribution is -1.97. The van der Waals surface area contributed by atoms with Crippen molar-refractivity contribution in [3.05, 3.63) is 29.6 Å². The first kappa shape index (κ1) is 9.92. The van der Waals surface area contributed by atoms with Crippen molar-refractivity contribution in [2.24, 2.45) is 0 Å². The van der Waals surface area contributed by atoms with E-state index in [-0.39, 0.29) is 0 Å². The maximum Gasteiger partial charge on any atom is 0.293 e. The van der Waals surface area contributed by atoms with Crippen LogP contribution in [0, 0.1) is 0 Å². The molecule has 0 aliphatic carbocycles. The Hall–Kier alpha value is -1.62. The van der Waals surface area contributed by atoms with Crippen molar-refractivity contribution in [2.75, 3.05) is 6.61 Å². The normalized spacial score (nSPS) is 10.1. The first-order valence-electron chi connectivity index (χ1n) is 4.43. The molecule has 5 heteroatoms. The Morgan fingerprint density at radius 1 is 1.60 bits per heavy atom. The molecule has 0 N–H and O–H groups in total. The number of rotatable bonds is 5. The molecule has 0 atom stereocenters. The number of hydrogen-bond donors (Lipinski definition) is 0. The number of hydrogen-bond acceptors (Lipinski definition) is 5. The molecule has 15 heavy (non-hydrogen) atoms. The molecule has 4 nitrogen and oxygen atoms in total. The molecule has 0 aliphatic heterocycles. The quantitative estimate of drug-likeness (QED) is 0.575. The van der Waals surface area contributed by atoms with Crippen molar-refractivity contribution in [3.8, 4) is 10.6 Å². The monoisotopic (exact) mass is 223 g/mol. The highest BCUT2D eigenvalue weighted by Gasteiger charge is 2.11. The minimum absolute atomic E-state index is 0.328. The van der Waals surface area contributed by atoms with Gasteiger partial charge in [-0.3, -0.25) is 4.79 Å². The summed E-state index contributed by atoms with van der Waals surface area (Å²) in [6.45, 7) is 0.763. The summed E-state index contributed by atoms with van der Waals surface area (Å²) >= 11 is 1.59. The van der Waals surface area contributed by atoms with Crippen LogP contribution < -0.4 is 0 Å². The van der Waals surface area contributed by atoms with Gasteiger partial charge < -0.3 is 9.15 Å². The molecule has 78 valence electrons. The number of thiophene rings is 1. The molecular weight excluding hydrogens is 214 g/mol. The van der Waals surface area contributed by atoms with E-state index in [1.807, 2.05) is 17.5 Å². The summed E-state index contributed by atoms with van der Waals surface area (Å²) in [7, 11) is 0. The van der Waals surface area contributed by atoms with Crippen LogP contribution in [0.4, 0.5) is 0 Å². The summed E-state index contributed by atoms with van der Waals surface area (Å²) in [6.07, 6.45) is 1.98. The van der Waals surface area contributed by atoms with E-state index in [2.05, 4.69) is 9.72 Å². The zero-order valence-corrected chi connectivity index (χ0v) is 8.70. The molecular formula is C10H9NO3S. The van der Waals surface area contributed by atoms with Crippen LogP contribution in [0.25, 0.3) is 10.6 Å². The van der Waals surface area contributed by atoms with Crippen molar-refractivity contribution in [1.29, 1.82) is 0 Å². The third kappa shape index (κ3) is 2.24. The molecule has 0 bridgehead atoms. The Labute approximate surface area is 90.5 Å². The van der Waals surface area contributed by atoms with Crippen LogP contribution in [-0.4, -0.2) is 18.1 Å². The predicted octanol–water partition coefficient (Wildman–Crippen LogP) is 2.12. The maximum absolute atomic E-state index is 9.98. The maximum atomic E-state index is 9.98. The second-order valence-electron chi connectivity index (χ2n) is 2.82. The van der Waals surface area contributed by atoms with Crippen LogP contribution >= 0.6 is 11.3 Å². The van der Waals surface area contributed by atoms with Crippen molar-refractivity contribution in [3.63, 3.8) is 0 Å². The van der Waals surface area contributed by atoms with Gasteiger partial charge in [0.25, 0.3) is 6.47 Å². The summed E-state index contributed by atoms with van der Waals surface area (Å²) in [5.41, 5.74) is 0.819. The molecule has 2 aromatic heterocycles. The highest BCUT2D eigenvalue weighted by molar-refractivity contribution is 7.13. The lowest BCUT2D eigenvalue weighted by atomic mass is 10.2. The van der Waals surface area contributed by atoms with E-state index in [0.29, 0.717) is 19.5 Å². The number of aromatic nitrogens is 1. The van der Waals surface area contributed by atoms with Gasteiger partial charge in [-0.15, -0.1) is 11.3 Å². The first-order valence-corrected chi connectivity index (χ1v) is 5.31. The molecule has 0 radical (unpaired) electrons. The first-order chi connectivity index (χ1) is 7.42. The molecule has 0 fully saturated rings. The minimum Gasteiger partial charge on any atom is -0.467 e. The Morgan fingerprint density at radius 3 is 3.27 bits per heavy atom. The second kappa shape index (κ2) is 4.75. The van der Waals surface area contributed by atoms with Crippen LogP contribution in [0.2, 0.25) is 0 Å². The van der Waals surface area contributed by atoms with Crippen LogP contribution in [0.3, 0.4) is 0 Å². The Kier molecular flexibility index (Phi) is 3.14. The van der Waals surface area contributed by atoms with E-state index < -0.39 is 0 Å². The molecule has 0 aromatic carbocycles. The van der Waals surface area contributed by atoms with Crippen molar-refractivity contribution in [2.45, 2.75) is 6.42 Å². The van der Waals surface area contributed by atoms with Crippen LogP contribution in [-0.2, 0) is 16.0 Å². The molecule has 0 saturated heterocycles. The summed E-state index contributed by atoms with van der Waals surface area (Å²) in [6, 6.07) is 3.92. The molecule has 0 saturated carbocycles. The van der Waals surface area contributed by atoms with E-state index in [0.717, 1.165) is 16.3 Å². The SMILES string of the molecule is O=COCCc1ncoc1-c1cccs1. The van der Waals surface area contributed by atoms with Crippen molar-refractivity contribution in [1.82, 2.24) is 4.98 Å². The van der Waals surface area contributed by atoms with Gasteiger partial charge in [0.05, 0.1) is 17.2 Å². The van der Waals surface area contributed by atoms with E-state index in [4.69, 9.17) is 4.42 Å². The number of oxazole rings is 1. The largest absolute Gasteiger partial charge is 0.467 e. The lowest BCUT2D eigenvalue weighted by Gasteiger charge is -1.97. The molecule has 0 unspecified atom stereocenters. The summed E-state index contributed by atoms with van der Waals surface area (Å²) < 4.78 is 9.92. The van der Waals surface area contributed by atoms with Gasteiger partial charge in [-0.2, -0.15) is 0 Å². The average Bonchev–Trinajstić information content (AvgIpc) is 2.87. The standard InChI is InChI=1S/C10H9NO3S/c12-7-13-4-3-8-10(14-6-11-8)9-2-1-5-15-9/h1-2,5-7H,3-4H2. The Balaban J connectivity index is 2.12. The van der Waals surface area contributed by atoms with Gasteiger partial charge >= 0.3 is 0 Å². The van der Waals surface area contributed by atoms with Gasteiger partial charge in [0, 0.05) is 6.42 Å². The van der Waals surface area contributed by atoms with Gasteiger partial charge in [0.2, 0.25) is 0 Å². The van der Waals surface area contributed by atoms with Gasteiger partial charge in [0.1, 0.15) is 0 Å². The lowest BCUT2D eigenvalue weighted by molar-refractivity contribution is -0.128. The van der Waals surface area contributed by atoms with E-state index in [1.165, 1.54) is 6.39 Å². The van der Waals surface area contributed by atoms with E-state index >= 15 is 0 Å². The average molecular weight is 223 g/mol.